The van der Waals surface area contributed by atoms with Gasteiger partial charge in [-0.3, -0.25) is 0 Å². The normalized spacial score (nSPS) is 25.8. The molecule has 0 spiro atoms. The molecule has 0 aliphatic carbocycles. The maximum Gasteiger partial charge on any atom is 0.186 e. The molecule has 2 saturated heterocycles. The van der Waals surface area contributed by atoms with Crippen LogP contribution in [0.3, 0.4) is 0 Å². The number of hydrogen-bond donors (Lipinski definition) is 1. The van der Waals surface area contributed by atoms with E-state index in [-0.39, 0.29) is 33.0 Å². The van der Waals surface area contributed by atoms with Gasteiger partial charge in [0.05, 0.1) is 52.4 Å². The molecule has 64 heavy (non-hydrogen) atoms. The molecule has 0 saturated carbocycles. The van der Waals surface area contributed by atoms with Crippen LogP contribution in [0.4, 0.5) is 0 Å². The molecule has 0 radical (unpaired) electrons. The van der Waals surface area contributed by atoms with Crippen LogP contribution in [0.1, 0.15) is 40.3 Å². The number of rotatable bonds is 21. The largest absolute Gasteiger partial charge is 0.368 e. The molecule has 10 atom stereocenters. The Kier molecular flexibility index (Phi) is 16.9. The highest BCUT2D eigenvalue weighted by Gasteiger charge is 2.51. The fourth-order valence-electron chi connectivity index (χ4n) is 8.09. The maximum absolute atomic E-state index is 11.8. The molecule has 0 bridgehead atoms. The summed E-state index contributed by atoms with van der Waals surface area (Å²) in [5.41, 5.74) is 5.90. The van der Waals surface area contributed by atoms with E-state index in [0.717, 1.165) is 33.4 Å². The molecular formula is C54H58O10. The third kappa shape index (κ3) is 12.8. The summed E-state index contributed by atoms with van der Waals surface area (Å²) in [6.07, 6.45) is -7.86. The lowest BCUT2D eigenvalue weighted by Crippen LogP contribution is -2.63. The van der Waals surface area contributed by atoms with E-state index in [4.69, 9.17) is 42.6 Å². The molecule has 2 aliphatic rings. The van der Waals surface area contributed by atoms with Gasteiger partial charge in [-0.25, -0.2) is 0 Å². The lowest BCUT2D eigenvalue weighted by molar-refractivity contribution is -0.345. The van der Waals surface area contributed by atoms with Crippen LogP contribution in [0.15, 0.2) is 182 Å². The van der Waals surface area contributed by atoms with Gasteiger partial charge in [0.15, 0.2) is 12.6 Å². The predicted molar refractivity (Wildman–Crippen MR) is 241 cm³/mol. The number of hydrogen-bond acceptors (Lipinski definition) is 10. The van der Waals surface area contributed by atoms with Gasteiger partial charge in [0.25, 0.3) is 0 Å². The van der Waals surface area contributed by atoms with Gasteiger partial charge in [0.1, 0.15) is 42.7 Å². The van der Waals surface area contributed by atoms with Crippen LogP contribution >= 0.6 is 0 Å². The Hall–Kier alpha value is -5.08. The van der Waals surface area contributed by atoms with Crippen LogP contribution in [-0.4, -0.2) is 73.1 Å². The van der Waals surface area contributed by atoms with Crippen LogP contribution in [0.2, 0.25) is 0 Å². The molecule has 6 aromatic rings. The fraction of sp³-hybridized carbons (Fsp3) is 0.333. The van der Waals surface area contributed by atoms with Crippen LogP contribution in [0, 0.1) is 0 Å². The standard InChI is InChI=1S/C54H58O10/c1-39-47(56-32-40-20-8-2-9-21-40)49(58-34-42-24-12-4-13-25-42)52(61-37-45-30-18-7-19-31-45)54(63-39)62-38-46-48(57-33-41-22-10-3-11-23-41)50(59-35-43-26-14-5-15-27-43)51(53(55)64-46)60-36-44-28-16-6-17-29-44/h2-31,39,46-55H,32-38H2,1H3/t39-,46+,47-,48+,49+,50-,51+,52+,53-,54?/m0/s1. The smallest absolute Gasteiger partial charge is 0.186 e. The minimum absolute atomic E-state index is 0.0450. The first-order valence-electron chi connectivity index (χ1n) is 22.1. The van der Waals surface area contributed by atoms with E-state index in [9.17, 15) is 5.11 Å². The van der Waals surface area contributed by atoms with Gasteiger partial charge in [-0.2, -0.15) is 0 Å². The van der Waals surface area contributed by atoms with Crippen molar-refractivity contribution < 1.29 is 47.7 Å². The molecule has 2 aliphatic heterocycles. The summed E-state index contributed by atoms with van der Waals surface area (Å²) >= 11 is 0. The molecule has 8 rings (SSSR count). The summed E-state index contributed by atoms with van der Waals surface area (Å²) in [6.45, 7) is 3.61. The topological polar surface area (TPSA) is 103 Å². The second-order valence-electron chi connectivity index (χ2n) is 16.2. The van der Waals surface area contributed by atoms with Crippen molar-refractivity contribution >= 4 is 0 Å². The molecule has 6 aromatic carbocycles. The van der Waals surface area contributed by atoms with E-state index in [1.165, 1.54) is 0 Å². The number of aliphatic hydroxyl groups excluding tert-OH is 1. The second kappa shape index (κ2) is 23.7. The molecule has 0 aromatic heterocycles. The third-order valence-electron chi connectivity index (χ3n) is 11.5. The van der Waals surface area contributed by atoms with Gasteiger partial charge in [-0.1, -0.05) is 182 Å². The summed E-state index contributed by atoms with van der Waals surface area (Å²) in [4.78, 5) is 0. The Balaban J connectivity index is 1.07. The zero-order chi connectivity index (χ0) is 43.8. The van der Waals surface area contributed by atoms with Gasteiger partial charge < -0.3 is 47.7 Å². The van der Waals surface area contributed by atoms with Crippen molar-refractivity contribution in [2.24, 2.45) is 0 Å². The molecule has 2 heterocycles. The summed E-state index contributed by atoms with van der Waals surface area (Å²) in [5, 5.41) is 11.8. The van der Waals surface area contributed by atoms with Crippen LogP contribution in [0.25, 0.3) is 0 Å². The Bertz CT molecular complexity index is 2030. The molecule has 10 nitrogen and oxygen atoms in total. The average molecular weight is 867 g/mol. The minimum atomic E-state index is -1.37. The second-order valence-corrected chi connectivity index (χ2v) is 16.2. The lowest BCUT2D eigenvalue weighted by Gasteiger charge is -2.47. The third-order valence-corrected chi connectivity index (χ3v) is 11.5. The van der Waals surface area contributed by atoms with Gasteiger partial charge in [0.2, 0.25) is 0 Å². The van der Waals surface area contributed by atoms with Crippen molar-refractivity contribution in [2.75, 3.05) is 6.61 Å². The van der Waals surface area contributed by atoms with E-state index < -0.39 is 61.4 Å². The Labute approximate surface area is 376 Å². The summed E-state index contributed by atoms with van der Waals surface area (Å²) in [5.74, 6) is 0. The summed E-state index contributed by atoms with van der Waals surface area (Å²) < 4.78 is 60.2. The molecule has 1 unspecified atom stereocenters. The molecular weight excluding hydrogens is 809 g/mol. The van der Waals surface area contributed by atoms with Crippen molar-refractivity contribution in [1.82, 2.24) is 0 Å². The van der Waals surface area contributed by atoms with E-state index in [1.54, 1.807) is 0 Å². The molecule has 1 N–H and O–H groups in total. The Morgan fingerprint density at radius 1 is 0.344 bits per heavy atom. The number of aliphatic hydroxyl groups is 1. The lowest BCUT2D eigenvalue weighted by atomic mass is 9.97. The van der Waals surface area contributed by atoms with Crippen molar-refractivity contribution in [3.8, 4) is 0 Å². The highest BCUT2D eigenvalue weighted by molar-refractivity contribution is 5.18. The summed E-state index contributed by atoms with van der Waals surface area (Å²) in [7, 11) is 0. The zero-order valence-electron chi connectivity index (χ0n) is 36.2. The molecule has 334 valence electrons. The van der Waals surface area contributed by atoms with Crippen molar-refractivity contribution in [1.29, 1.82) is 0 Å². The maximum atomic E-state index is 11.8. The monoisotopic (exact) mass is 866 g/mol. The SMILES string of the molecule is C[C@@H]1OC(OC[C@H]2O[C@H](O)[C@H](OCc3ccccc3)[C@@H](OCc3ccccc3)[C@@H]2OCc2ccccc2)[C@H](OCc2ccccc2)[C@H](OCc2ccccc2)[C@H]1OCc1ccccc1. The molecule has 0 amide bonds. The van der Waals surface area contributed by atoms with Gasteiger partial charge >= 0.3 is 0 Å². The van der Waals surface area contributed by atoms with E-state index in [2.05, 4.69) is 0 Å². The quantitative estimate of drug-likeness (QED) is 0.0755. The molecule has 2 fully saturated rings. The minimum Gasteiger partial charge on any atom is -0.368 e. The Morgan fingerprint density at radius 2 is 0.641 bits per heavy atom. The van der Waals surface area contributed by atoms with Gasteiger partial charge in [0, 0.05) is 0 Å². The van der Waals surface area contributed by atoms with Crippen LogP contribution < -0.4 is 0 Å². The fourth-order valence-corrected chi connectivity index (χ4v) is 8.09. The first-order chi connectivity index (χ1) is 31.6. The zero-order valence-corrected chi connectivity index (χ0v) is 36.2. The summed E-state index contributed by atoms with van der Waals surface area (Å²) in [6, 6.07) is 59.7. The predicted octanol–water partition coefficient (Wildman–Crippen LogP) is 8.98. The van der Waals surface area contributed by atoms with E-state index in [1.807, 2.05) is 189 Å². The highest BCUT2D eigenvalue weighted by atomic mass is 16.7. The van der Waals surface area contributed by atoms with Crippen molar-refractivity contribution in [3.63, 3.8) is 0 Å². The van der Waals surface area contributed by atoms with Crippen molar-refractivity contribution in [3.05, 3.63) is 215 Å². The first-order valence-corrected chi connectivity index (χ1v) is 22.1. The van der Waals surface area contributed by atoms with E-state index >= 15 is 0 Å². The average Bonchev–Trinajstić information content (AvgIpc) is 3.35. The van der Waals surface area contributed by atoms with Crippen molar-refractivity contribution in [2.45, 2.75) is 108 Å². The molecule has 10 heteroatoms. The van der Waals surface area contributed by atoms with Crippen LogP contribution in [0.5, 0.6) is 0 Å². The highest BCUT2D eigenvalue weighted by Crippen LogP contribution is 2.34. The number of ether oxygens (including phenoxy) is 9. The first kappa shape index (κ1) is 45.5. The van der Waals surface area contributed by atoms with E-state index in [0.29, 0.717) is 13.2 Å². The Morgan fingerprint density at radius 3 is 1.02 bits per heavy atom. The van der Waals surface area contributed by atoms with Gasteiger partial charge in [-0.05, 0) is 40.3 Å². The van der Waals surface area contributed by atoms with Crippen LogP contribution in [-0.2, 0) is 82.3 Å². The number of benzene rings is 6. The van der Waals surface area contributed by atoms with Gasteiger partial charge in [-0.15, -0.1) is 0 Å².